The van der Waals surface area contributed by atoms with E-state index in [4.69, 9.17) is 9.47 Å². The number of para-hydroxylation sites is 1. The Hall–Kier alpha value is -4.20. The largest absolute Gasteiger partial charge is 0.486 e. The van der Waals surface area contributed by atoms with E-state index in [1.54, 1.807) is 30.3 Å². The summed E-state index contributed by atoms with van der Waals surface area (Å²) >= 11 is 0. The van der Waals surface area contributed by atoms with Crippen LogP contribution in [0.4, 0.5) is 5.69 Å². The highest BCUT2D eigenvalue weighted by molar-refractivity contribution is 5.85. The van der Waals surface area contributed by atoms with Crippen molar-refractivity contribution in [1.82, 2.24) is 9.78 Å². The van der Waals surface area contributed by atoms with Crippen molar-refractivity contribution in [2.75, 3.05) is 6.61 Å². The predicted molar refractivity (Wildman–Crippen MR) is 110 cm³/mol. The first-order valence-corrected chi connectivity index (χ1v) is 9.16. The van der Waals surface area contributed by atoms with Crippen LogP contribution in [0.2, 0.25) is 0 Å². The summed E-state index contributed by atoms with van der Waals surface area (Å²) in [6.07, 6.45) is 1.50. The second-order valence-corrected chi connectivity index (χ2v) is 6.52. The molecule has 150 valence electrons. The third-order valence-electron chi connectivity index (χ3n) is 4.36. The number of ketones is 1. The zero-order valence-electron chi connectivity index (χ0n) is 15.8. The van der Waals surface area contributed by atoms with Gasteiger partial charge in [-0.25, -0.2) is 0 Å². The first-order chi connectivity index (χ1) is 14.6. The summed E-state index contributed by atoms with van der Waals surface area (Å²) in [6.45, 7) is -0.107. The van der Waals surface area contributed by atoms with Crippen LogP contribution in [0.25, 0.3) is 10.9 Å². The molecular weight excluding hydrogens is 386 g/mol. The average molecular weight is 403 g/mol. The van der Waals surface area contributed by atoms with E-state index in [1.807, 2.05) is 30.3 Å². The molecule has 30 heavy (non-hydrogen) atoms. The van der Waals surface area contributed by atoms with Gasteiger partial charge in [-0.1, -0.05) is 18.2 Å². The molecule has 0 saturated carbocycles. The van der Waals surface area contributed by atoms with Gasteiger partial charge in [0.25, 0.3) is 5.69 Å². The molecule has 0 atom stereocenters. The number of ether oxygens (including phenoxy) is 2. The number of nitrogens with zero attached hydrogens (tertiary/aromatic N) is 3. The van der Waals surface area contributed by atoms with Gasteiger partial charge in [-0.2, -0.15) is 5.10 Å². The van der Waals surface area contributed by atoms with Gasteiger partial charge in [0.15, 0.2) is 5.78 Å². The van der Waals surface area contributed by atoms with Gasteiger partial charge in [-0.3, -0.25) is 19.6 Å². The van der Waals surface area contributed by atoms with Gasteiger partial charge in [-0.15, -0.1) is 0 Å². The molecule has 1 heterocycles. The van der Waals surface area contributed by atoms with Crippen LogP contribution in [0.3, 0.4) is 0 Å². The molecule has 4 rings (SSSR count). The number of carbonyl (C=O) groups is 1. The monoisotopic (exact) mass is 403 g/mol. The van der Waals surface area contributed by atoms with E-state index >= 15 is 0 Å². The molecule has 3 aromatic carbocycles. The summed E-state index contributed by atoms with van der Waals surface area (Å²) in [5.41, 5.74) is 0.632. The van der Waals surface area contributed by atoms with E-state index in [-0.39, 0.29) is 24.6 Å². The van der Waals surface area contributed by atoms with Crippen molar-refractivity contribution in [3.8, 4) is 17.2 Å². The number of carbonyl (C=O) groups excluding carboxylic acids is 1. The van der Waals surface area contributed by atoms with Gasteiger partial charge in [0.2, 0.25) is 0 Å². The highest BCUT2D eigenvalue weighted by Gasteiger charge is 2.12. The SMILES string of the molecule is O=C(COc1ccc(Oc2ccccc2)cc1)Cn1ncc2cc([N+](=O)[O-])ccc21. The number of aromatic nitrogens is 2. The zero-order valence-corrected chi connectivity index (χ0v) is 15.8. The molecule has 0 unspecified atom stereocenters. The van der Waals surface area contributed by atoms with E-state index in [0.717, 1.165) is 5.75 Å². The second kappa shape index (κ2) is 8.44. The zero-order chi connectivity index (χ0) is 20.9. The highest BCUT2D eigenvalue weighted by Crippen LogP contribution is 2.24. The predicted octanol–water partition coefficient (Wildman–Crippen LogP) is 4.38. The Kier molecular flexibility index (Phi) is 5.38. The molecule has 0 saturated heterocycles. The first kappa shape index (κ1) is 19.1. The van der Waals surface area contributed by atoms with E-state index in [2.05, 4.69) is 5.10 Å². The fraction of sp³-hybridized carbons (Fsp3) is 0.0909. The quantitative estimate of drug-likeness (QED) is 0.320. The van der Waals surface area contributed by atoms with Crippen molar-refractivity contribution in [3.05, 3.63) is 89.1 Å². The number of rotatable bonds is 8. The average Bonchev–Trinajstić information content (AvgIpc) is 3.16. The smallest absolute Gasteiger partial charge is 0.270 e. The summed E-state index contributed by atoms with van der Waals surface area (Å²) in [6, 6.07) is 20.8. The molecule has 0 spiro atoms. The van der Waals surface area contributed by atoms with Gasteiger partial charge in [0.05, 0.1) is 16.6 Å². The summed E-state index contributed by atoms with van der Waals surface area (Å²) in [7, 11) is 0. The number of benzene rings is 3. The molecular formula is C22H17N3O5. The highest BCUT2D eigenvalue weighted by atomic mass is 16.6. The summed E-state index contributed by atoms with van der Waals surface area (Å²) in [4.78, 5) is 22.7. The lowest BCUT2D eigenvalue weighted by molar-refractivity contribution is -0.384. The minimum Gasteiger partial charge on any atom is -0.486 e. The number of fused-ring (bicyclic) bond motifs is 1. The normalized spacial score (nSPS) is 10.7. The van der Waals surface area contributed by atoms with Crippen LogP contribution in [0.5, 0.6) is 17.2 Å². The van der Waals surface area contributed by atoms with Crippen molar-refractivity contribution >= 4 is 22.4 Å². The third-order valence-corrected chi connectivity index (χ3v) is 4.36. The van der Waals surface area contributed by atoms with E-state index < -0.39 is 4.92 Å². The molecule has 0 amide bonds. The third kappa shape index (κ3) is 4.44. The second-order valence-electron chi connectivity index (χ2n) is 6.52. The molecule has 0 N–H and O–H groups in total. The lowest BCUT2D eigenvalue weighted by atomic mass is 10.2. The van der Waals surface area contributed by atoms with Gasteiger partial charge in [0, 0.05) is 17.5 Å². The maximum absolute atomic E-state index is 12.3. The molecule has 0 aliphatic carbocycles. The Morgan fingerprint density at radius 2 is 1.67 bits per heavy atom. The molecule has 1 aromatic heterocycles. The maximum atomic E-state index is 12.3. The van der Waals surface area contributed by atoms with Gasteiger partial charge >= 0.3 is 0 Å². The molecule has 0 radical (unpaired) electrons. The first-order valence-electron chi connectivity index (χ1n) is 9.16. The van der Waals surface area contributed by atoms with Crippen LogP contribution in [-0.2, 0) is 11.3 Å². The van der Waals surface area contributed by atoms with E-state index in [0.29, 0.717) is 22.4 Å². The molecule has 8 heteroatoms. The molecule has 0 bridgehead atoms. The number of Topliss-reactive ketones (excluding diaryl/α,β-unsaturated/α-hetero) is 1. The standard InChI is InChI=1S/C22H17N3O5/c26-18(14-24-22-11-6-17(25(27)28)12-16(22)13-23-24)15-29-19-7-9-21(10-8-19)30-20-4-2-1-3-5-20/h1-13H,14-15H2. The molecule has 8 nitrogen and oxygen atoms in total. The van der Waals surface area contributed by atoms with Crippen molar-refractivity contribution in [2.24, 2.45) is 0 Å². The Morgan fingerprint density at radius 3 is 2.40 bits per heavy atom. The van der Waals surface area contributed by atoms with Gasteiger partial charge in [-0.05, 0) is 42.5 Å². The summed E-state index contributed by atoms with van der Waals surface area (Å²) in [5, 5.41) is 15.6. The van der Waals surface area contributed by atoms with Crippen LogP contribution in [0.1, 0.15) is 0 Å². The number of hydrogen-bond donors (Lipinski definition) is 0. The Morgan fingerprint density at radius 1 is 0.967 bits per heavy atom. The minimum atomic E-state index is -0.466. The number of non-ortho nitro benzene ring substituents is 1. The van der Waals surface area contributed by atoms with Crippen molar-refractivity contribution < 1.29 is 19.2 Å². The topological polar surface area (TPSA) is 96.5 Å². The van der Waals surface area contributed by atoms with Crippen molar-refractivity contribution in [1.29, 1.82) is 0 Å². The van der Waals surface area contributed by atoms with Crippen LogP contribution in [0.15, 0.2) is 79.0 Å². The summed E-state index contributed by atoms with van der Waals surface area (Å²) in [5.74, 6) is 1.77. The minimum absolute atomic E-state index is 0.0104. The van der Waals surface area contributed by atoms with E-state index in [1.165, 1.54) is 23.0 Å². The van der Waals surface area contributed by atoms with Gasteiger partial charge < -0.3 is 9.47 Å². The number of hydrogen-bond acceptors (Lipinski definition) is 6. The lowest BCUT2D eigenvalue weighted by Crippen LogP contribution is -2.18. The van der Waals surface area contributed by atoms with Gasteiger partial charge in [0.1, 0.15) is 30.4 Å². The van der Waals surface area contributed by atoms with Crippen LogP contribution >= 0.6 is 0 Å². The van der Waals surface area contributed by atoms with Crippen LogP contribution < -0.4 is 9.47 Å². The lowest BCUT2D eigenvalue weighted by Gasteiger charge is -2.08. The van der Waals surface area contributed by atoms with E-state index in [9.17, 15) is 14.9 Å². The van der Waals surface area contributed by atoms with Crippen LogP contribution in [0, 0.1) is 10.1 Å². The molecule has 0 aliphatic heterocycles. The fourth-order valence-electron chi connectivity index (χ4n) is 2.92. The number of nitro groups is 1. The fourth-order valence-corrected chi connectivity index (χ4v) is 2.92. The van der Waals surface area contributed by atoms with Crippen molar-refractivity contribution in [2.45, 2.75) is 6.54 Å². The Balaban J connectivity index is 1.33. The Labute approximate surface area is 171 Å². The van der Waals surface area contributed by atoms with Crippen molar-refractivity contribution in [3.63, 3.8) is 0 Å². The molecule has 4 aromatic rings. The Bertz CT molecular complexity index is 1190. The molecule has 0 aliphatic rings. The van der Waals surface area contributed by atoms with Crippen LogP contribution in [-0.4, -0.2) is 27.1 Å². The number of nitro benzene ring substituents is 1. The summed E-state index contributed by atoms with van der Waals surface area (Å²) < 4.78 is 12.8. The molecule has 0 fully saturated rings. The maximum Gasteiger partial charge on any atom is 0.270 e.